The third-order valence-corrected chi connectivity index (χ3v) is 5.58. The van der Waals surface area contributed by atoms with Gasteiger partial charge < -0.3 is 9.47 Å². The van der Waals surface area contributed by atoms with Gasteiger partial charge in [-0.1, -0.05) is 26.3 Å². The second-order valence-corrected chi connectivity index (χ2v) is 7.60. The maximum atomic E-state index is 9.57. The molecule has 1 heterocycles. The SMILES string of the molecule is C=CC12CCCC(C#N)C1C1(CC2)OCC(C)(C)CO1. The Kier molecular flexibility index (Phi) is 3.23. The molecule has 1 spiro atoms. The number of fused-ring (bicyclic) bond motifs is 2. The Hall–Kier alpha value is -0.850. The molecule has 3 nitrogen and oxygen atoms in total. The predicted molar refractivity (Wildman–Crippen MR) is 76.7 cm³/mol. The van der Waals surface area contributed by atoms with Crippen LogP contribution in [0.3, 0.4) is 0 Å². The molecule has 3 aliphatic rings. The minimum atomic E-state index is -0.537. The van der Waals surface area contributed by atoms with Crippen molar-refractivity contribution in [2.45, 2.75) is 51.7 Å². The van der Waals surface area contributed by atoms with Crippen LogP contribution in [0.1, 0.15) is 46.0 Å². The lowest BCUT2D eigenvalue weighted by Gasteiger charge is -2.50. The number of hydrogen-bond acceptors (Lipinski definition) is 3. The highest BCUT2D eigenvalue weighted by Crippen LogP contribution is 2.62. The molecule has 1 saturated heterocycles. The van der Waals surface area contributed by atoms with E-state index in [1.807, 2.05) is 0 Å². The number of allylic oxidation sites excluding steroid dienone is 1. The minimum absolute atomic E-state index is 0.0328. The smallest absolute Gasteiger partial charge is 0.173 e. The van der Waals surface area contributed by atoms with Gasteiger partial charge in [0.2, 0.25) is 0 Å². The van der Waals surface area contributed by atoms with Gasteiger partial charge in [0.25, 0.3) is 0 Å². The standard InChI is InChI=1S/C17H25NO2/c1-4-16-7-5-6-13(10-18)14(16)17(9-8-16)19-11-15(2,3)12-20-17/h4,13-14H,1,5-9,11-12H2,2-3H3. The summed E-state index contributed by atoms with van der Waals surface area (Å²) in [4.78, 5) is 0. The first-order valence-electron chi connectivity index (χ1n) is 7.78. The van der Waals surface area contributed by atoms with E-state index in [1.54, 1.807) is 0 Å². The van der Waals surface area contributed by atoms with Crippen molar-refractivity contribution in [1.82, 2.24) is 0 Å². The molecule has 1 aliphatic heterocycles. The van der Waals surface area contributed by atoms with E-state index < -0.39 is 5.79 Å². The van der Waals surface area contributed by atoms with Crippen molar-refractivity contribution in [3.63, 3.8) is 0 Å². The molecule has 0 aromatic heterocycles. The Bertz CT molecular complexity index is 440. The molecular formula is C17H25NO2. The van der Waals surface area contributed by atoms with Crippen molar-refractivity contribution < 1.29 is 9.47 Å². The lowest BCUT2D eigenvalue weighted by Crippen LogP contribution is -2.54. The molecule has 0 N–H and O–H groups in total. The van der Waals surface area contributed by atoms with Crippen molar-refractivity contribution in [1.29, 1.82) is 5.26 Å². The molecule has 0 aromatic rings. The Morgan fingerprint density at radius 1 is 1.20 bits per heavy atom. The summed E-state index contributed by atoms with van der Waals surface area (Å²) in [5.41, 5.74) is 0.113. The maximum Gasteiger partial charge on any atom is 0.173 e. The van der Waals surface area contributed by atoms with E-state index >= 15 is 0 Å². The molecule has 20 heavy (non-hydrogen) atoms. The van der Waals surface area contributed by atoms with Crippen LogP contribution in [0, 0.1) is 34.0 Å². The van der Waals surface area contributed by atoms with Gasteiger partial charge >= 0.3 is 0 Å². The number of rotatable bonds is 1. The molecule has 3 unspecified atom stereocenters. The molecule has 0 amide bonds. The molecule has 2 saturated carbocycles. The highest BCUT2D eigenvalue weighted by atomic mass is 16.7. The molecule has 3 heteroatoms. The average Bonchev–Trinajstić information content (AvgIpc) is 2.79. The van der Waals surface area contributed by atoms with E-state index in [9.17, 15) is 5.26 Å². The molecule has 0 bridgehead atoms. The van der Waals surface area contributed by atoms with Crippen LogP contribution in [0.2, 0.25) is 0 Å². The van der Waals surface area contributed by atoms with Crippen LogP contribution in [0.4, 0.5) is 0 Å². The zero-order chi connectivity index (χ0) is 14.4. The van der Waals surface area contributed by atoms with Gasteiger partial charge in [0.1, 0.15) is 0 Å². The summed E-state index contributed by atoms with van der Waals surface area (Å²) in [6.07, 6.45) is 7.23. The predicted octanol–water partition coefficient (Wildman–Crippen LogP) is 3.66. The third kappa shape index (κ3) is 1.93. The minimum Gasteiger partial charge on any atom is -0.349 e. The first-order chi connectivity index (χ1) is 9.47. The van der Waals surface area contributed by atoms with Crippen LogP contribution in [0.5, 0.6) is 0 Å². The molecule has 110 valence electrons. The zero-order valence-corrected chi connectivity index (χ0v) is 12.7. The van der Waals surface area contributed by atoms with E-state index in [0.29, 0.717) is 0 Å². The van der Waals surface area contributed by atoms with Gasteiger partial charge in [-0.25, -0.2) is 0 Å². The van der Waals surface area contributed by atoms with Crippen LogP contribution in [0.25, 0.3) is 0 Å². The van der Waals surface area contributed by atoms with Crippen molar-refractivity contribution in [3.05, 3.63) is 12.7 Å². The van der Waals surface area contributed by atoms with Gasteiger partial charge in [-0.2, -0.15) is 5.26 Å². The average molecular weight is 275 g/mol. The highest BCUT2D eigenvalue weighted by molar-refractivity contribution is 5.17. The summed E-state index contributed by atoms with van der Waals surface area (Å²) >= 11 is 0. The van der Waals surface area contributed by atoms with E-state index in [2.05, 4.69) is 32.6 Å². The number of nitrogens with zero attached hydrogens (tertiary/aromatic N) is 1. The summed E-state index contributed by atoms with van der Waals surface area (Å²) in [5.74, 6) is -0.349. The second-order valence-electron chi connectivity index (χ2n) is 7.60. The van der Waals surface area contributed by atoms with Gasteiger partial charge in [-0.05, 0) is 24.7 Å². The fraction of sp³-hybridized carbons (Fsp3) is 0.824. The van der Waals surface area contributed by atoms with E-state index in [4.69, 9.17) is 9.47 Å². The van der Waals surface area contributed by atoms with E-state index in [-0.39, 0.29) is 22.7 Å². The Morgan fingerprint density at radius 2 is 1.90 bits per heavy atom. The largest absolute Gasteiger partial charge is 0.349 e. The van der Waals surface area contributed by atoms with Crippen molar-refractivity contribution in [2.24, 2.45) is 22.7 Å². The van der Waals surface area contributed by atoms with Crippen LogP contribution in [0.15, 0.2) is 12.7 Å². The summed E-state index contributed by atoms with van der Waals surface area (Å²) in [6.45, 7) is 9.84. The quantitative estimate of drug-likeness (QED) is 0.686. The first-order valence-corrected chi connectivity index (χ1v) is 7.78. The van der Waals surface area contributed by atoms with Crippen LogP contribution >= 0.6 is 0 Å². The van der Waals surface area contributed by atoms with Crippen LogP contribution < -0.4 is 0 Å². The zero-order valence-electron chi connectivity index (χ0n) is 12.7. The van der Waals surface area contributed by atoms with Gasteiger partial charge in [0.15, 0.2) is 5.79 Å². The monoisotopic (exact) mass is 275 g/mol. The number of nitriles is 1. The Morgan fingerprint density at radius 3 is 2.50 bits per heavy atom. The topological polar surface area (TPSA) is 42.2 Å². The molecule has 2 aliphatic carbocycles. The van der Waals surface area contributed by atoms with Crippen molar-refractivity contribution in [3.8, 4) is 6.07 Å². The summed E-state index contributed by atoms with van der Waals surface area (Å²) in [5, 5.41) is 9.57. The third-order valence-electron chi connectivity index (χ3n) is 5.58. The van der Waals surface area contributed by atoms with Gasteiger partial charge in [0.05, 0.1) is 25.2 Å². The van der Waals surface area contributed by atoms with Crippen molar-refractivity contribution in [2.75, 3.05) is 13.2 Å². The highest BCUT2D eigenvalue weighted by Gasteiger charge is 2.63. The molecule has 3 fully saturated rings. The number of ether oxygens (including phenoxy) is 2. The van der Waals surface area contributed by atoms with Crippen LogP contribution in [-0.4, -0.2) is 19.0 Å². The maximum absolute atomic E-state index is 9.57. The number of hydrogen-bond donors (Lipinski definition) is 0. The molecule has 3 rings (SSSR count). The van der Waals surface area contributed by atoms with E-state index in [1.165, 1.54) is 0 Å². The lowest BCUT2D eigenvalue weighted by atomic mass is 9.62. The normalized spacial score (nSPS) is 41.9. The van der Waals surface area contributed by atoms with Crippen molar-refractivity contribution >= 4 is 0 Å². The summed E-state index contributed by atoms with van der Waals surface area (Å²) in [7, 11) is 0. The fourth-order valence-corrected chi connectivity index (χ4v) is 4.47. The van der Waals surface area contributed by atoms with Crippen LogP contribution in [-0.2, 0) is 9.47 Å². The summed E-state index contributed by atoms with van der Waals surface area (Å²) in [6, 6.07) is 2.52. The van der Waals surface area contributed by atoms with Gasteiger partial charge in [-0.3, -0.25) is 0 Å². The molecule has 0 radical (unpaired) electrons. The Labute approximate surface area is 121 Å². The lowest BCUT2D eigenvalue weighted by molar-refractivity contribution is -0.325. The molecule has 3 atom stereocenters. The first kappa shape index (κ1) is 14.1. The van der Waals surface area contributed by atoms with Gasteiger partial charge in [-0.15, -0.1) is 6.58 Å². The molecule has 0 aromatic carbocycles. The van der Waals surface area contributed by atoms with E-state index in [0.717, 1.165) is 45.3 Å². The molecular weight excluding hydrogens is 250 g/mol. The second kappa shape index (κ2) is 4.58. The fourth-order valence-electron chi connectivity index (χ4n) is 4.47. The Balaban J connectivity index is 1.94. The summed E-state index contributed by atoms with van der Waals surface area (Å²) < 4.78 is 12.5. The van der Waals surface area contributed by atoms with Gasteiger partial charge in [0, 0.05) is 17.8 Å².